The zero-order chi connectivity index (χ0) is 15.7. The first-order valence-corrected chi connectivity index (χ1v) is 9.42. The summed E-state index contributed by atoms with van der Waals surface area (Å²) >= 11 is 0. The first kappa shape index (κ1) is 15.2. The normalized spacial score (nSPS) is 57.6. The molecule has 0 radical (unpaired) electrons. The molecule has 4 aliphatic carbocycles. The lowest BCUT2D eigenvalue weighted by Crippen LogP contribution is -2.51. The summed E-state index contributed by atoms with van der Waals surface area (Å²) in [6, 6.07) is 0. The molecule has 3 saturated carbocycles. The van der Waals surface area contributed by atoms with Gasteiger partial charge in [-0.15, -0.1) is 0 Å². The Morgan fingerprint density at radius 2 is 1.91 bits per heavy atom. The fraction of sp³-hybridized carbons (Fsp3) is 0.900. The minimum Gasteiger partial charge on any atom is -0.393 e. The van der Waals surface area contributed by atoms with Crippen LogP contribution < -0.4 is 0 Å². The van der Waals surface area contributed by atoms with Crippen molar-refractivity contribution in [3.05, 3.63) is 11.6 Å². The van der Waals surface area contributed by atoms with Gasteiger partial charge >= 0.3 is 0 Å². The van der Waals surface area contributed by atoms with Crippen LogP contribution in [0.5, 0.6) is 0 Å². The van der Waals surface area contributed by atoms with Gasteiger partial charge < -0.3 is 10.2 Å². The van der Waals surface area contributed by atoms with Crippen molar-refractivity contribution in [2.24, 2.45) is 34.5 Å². The lowest BCUT2D eigenvalue weighted by atomic mass is 9.47. The van der Waals surface area contributed by atoms with Crippen LogP contribution in [0.1, 0.15) is 65.7 Å². The summed E-state index contributed by atoms with van der Waals surface area (Å²) in [5.41, 5.74) is 2.01. The van der Waals surface area contributed by atoms with Gasteiger partial charge in [-0.2, -0.15) is 0 Å². The monoisotopic (exact) mass is 304 g/mol. The summed E-state index contributed by atoms with van der Waals surface area (Å²) < 4.78 is 0. The van der Waals surface area contributed by atoms with Crippen molar-refractivity contribution in [2.75, 3.05) is 0 Å². The number of hydrogen-bond acceptors (Lipinski definition) is 2. The second-order valence-corrected chi connectivity index (χ2v) is 9.35. The predicted octanol–water partition coefficient (Wildman–Crippen LogP) is 3.92. The first-order valence-electron chi connectivity index (χ1n) is 9.42. The molecule has 0 aromatic rings. The van der Waals surface area contributed by atoms with Crippen LogP contribution in [-0.4, -0.2) is 22.4 Å². The van der Waals surface area contributed by atoms with E-state index in [2.05, 4.69) is 26.8 Å². The molecule has 2 N–H and O–H groups in total. The number of aliphatic hydroxyl groups excluding tert-OH is 2. The van der Waals surface area contributed by atoms with Crippen molar-refractivity contribution in [1.82, 2.24) is 0 Å². The summed E-state index contributed by atoms with van der Waals surface area (Å²) in [4.78, 5) is 0. The van der Waals surface area contributed by atoms with Crippen LogP contribution in [-0.2, 0) is 0 Å². The maximum atomic E-state index is 10.6. The molecule has 4 aliphatic rings. The molecule has 0 spiro atoms. The van der Waals surface area contributed by atoms with Gasteiger partial charge in [0.2, 0.25) is 0 Å². The zero-order valence-corrected chi connectivity index (χ0v) is 14.4. The molecule has 3 fully saturated rings. The molecule has 0 unspecified atom stereocenters. The highest BCUT2D eigenvalue weighted by molar-refractivity contribution is 5.25. The third-order valence-corrected chi connectivity index (χ3v) is 8.34. The average Bonchev–Trinajstić information content (AvgIpc) is 2.70. The molecule has 0 aliphatic heterocycles. The van der Waals surface area contributed by atoms with Gasteiger partial charge in [0.25, 0.3) is 0 Å². The number of rotatable bonds is 0. The molecular weight excluding hydrogens is 272 g/mol. The van der Waals surface area contributed by atoms with E-state index in [1.165, 1.54) is 19.3 Å². The fourth-order valence-electron chi connectivity index (χ4n) is 7.15. The average molecular weight is 304 g/mol. The second kappa shape index (κ2) is 4.83. The largest absolute Gasteiger partial charge is 0.393 e. The van der Waals surface area contributed by atoms with E-state index in [-0.39, 0.29) is 17.6 Å². The fourth-order valence-corrected chi connectivity index (χ4v) is 7.15. The molecule has 0 aromatic heterocycles. The Hall–Kier alpha value is -0.340. The third kappa shape index (κ3) is 1.86. The Balaban J connectivity index is 1.70. The van der Waals surface area contributed by atoms with Crippen LogP contribution in [0.25, 0.3) is 0 Å². The van der Waals surface area contributed by atoms with Crippen LogP contribution in [0, 0.1) is 34.5 Å². The van der Waals surface area contributed by atoms with Crippen LogP contribution >= 0.6 is 0 Å². The van der Waals surface area contributed by atoms with Crippen molar-refractivity contribution >= 4 is 0 Å². The molecule has 0 saturated heterocycles. The highest BCUT2D eigenvalue weighted by atomic mass is 16.3. The van der Waals surface area contributed by atoms with Gasteiger partial charge in [-0.1, -0.05) is 32.4 Å². The van der Waals surface area contributed by atoms with Crippen molar-refractivity contribution in [2.45, 2.75) is 77.9 Å². The van der Waals surface area contributed by atoms with Crippen molar-refractivity contribution in [1.29, 1.82) is 0 Å². The molecule has 0 aromatic carbocycles. The molecule has 124 valence electrons. The van der Waals surface area contributed by atoms with Gasteiger partial charge in [-0.05, 0) is 79.4 Å². The molecule has 0 bridgehead atoms. The predicted molar refractivity (Wildman–Crippen MR) is 88.3 cm³/mol. The number of allylic oxidation sites excluding steroid dienone is 1. The van der Waals surface area contributed by atoms with Crippen LogP contribution in [0.15, 0.2) is 11.6 Å². The molecule has 0 heterocycles. The Labute approximate surface area is 135 Å². The maximum Gasteiger partial charge on any atom is 0.0599 e. The molecule has 2 heteroatoms. The van der Waals surface area contributed by atoms with Gasteiger partial charge in [0.1, 0.15) is 0 Å². The molecule has 4 rings (SSSR count). The minimum atomic E-state index is -0.114. The second-order valence-electron chi connectivity index (χ2n) is 9.35. The van der Waals surface area contributed by atoms with Gasteiger partial charge in [0.15, 0.2) is 0 Å². The van der Waals surface area contributed by atoms with Gasteiger partial charge in [0.05, 0.1) is 12.2 Å². The number of fused-ring (bicyclic) bond motifs is 5. The Morgan fingerprint density at radius 1 is 1.14 bits per heavy atom. The standard InChI is InChI=1S/C20H32O2/c1-12-10-17(22)20(3)9-7-16-15(18(12)20)5-4-13-11-14(21)6-8-19(13,16)2/h4,12,14-18,21-22H,5-11H2,1-3H3/t12-,14-,15+,16-,17-,18-,19-,20+/m0/s1. The summed E-state index contributed by atoms with van der Waals surface area (Å²) in [6.45, 7) is 7.20. The Morgan fingerprint density at radius 3 is 2.68 bits per heavy atom. The number of aliphatic hydroxyl groups is 2. The van der Waals surface area contributed by atoms with Gasteiger partial charge in [0, 0.05) is 0 Å². The van der Waals surface area contributed by atoms with Crippen molar-refractivity contribution in [3.63, 3.8) is 0 Å². The van der Waals surface area contributed by atoms with E-state index in [0.29, 0.717) is 17.3 Å². The van der Waals surface area contributed by atoms with E-state index in [4.69, 9.17) is 0 Å². The quantitative estimate of drug-likeness (QED) is 0.666. The van der Waals surface area contributed by atoms with Gasteiger partial charge in [-0.25, -0.2) is 0 Å². The first-order chi connectivity index (χ1) is 10.4. The Bertz CT molecular complexity index is 498. The molecule has 8 atom stereocenters. The lowest BCUT2D eigenvalue weighted by Gasteiger charge is -2.58. The van der Waals surface area contributed by atoms with Crippen LogP contribution in [0.2, 0.25) is 0 Å². The van der Waals surface area contributed by atoms with E-state index in [0.717, 1.165) is 37.5 Å². The summed E-state index contributed by atoms with van der Waals surface area (Å²) in [6.07, 6.45) is 9.93. The molecule has 0 amide bonds. The highest BCUT2D eigenvalue weighted by Crippen LogP contribution is 2.65. The summed E-state index contributed by atoms with van der Waals surface area (Å²) in [7, 11) is 0. The minimum absolute atomic E-state index is 0.0974. The smallest absolute Gasteiger partial charge is 0.0599 e. The zero-order valence-electron chi connectivity index (χ0n) is 14.4. The molecule has 2 nitrogen and oxygen atoms in total. The van der Waals surface area contributed by atoms with E-state index in [1.807, 2.05) is 0 Å². The molecule has 22 heavy (non-hydrogen) atoms. The summed E-state index contributed by atoms with van der Waals surface area (Å²) in [5, 5.41) is 20.7. The van der Waals surface area contributed by atoms with E-state index in [1.54, 1.807) is 5.57 Å². The van der Waals surface area contributed by atoms with E-state index >= 15 is 0 Å². The third-order valence-electron chi connectivity index (χ3n) is 8.34. The number of hydrogen-bond donors (Lipinski definition) is 2. The van der Waals surface area contributed by atoms with Crippen molar-refractivity contribution in [3.8, 4) is 0 Å². The van der Waals surface area contributed by atoms with Gasteiger partial charge in [-0.3, -0.25) is 0 Å². The van der Waals surface area contributed by atoms with E-state index in [9.17, 15) is 10.2 Å². The maximum absolute atomic E-state index is 10.6. The lowest BCUT2D eigenvalue weighted by molar-refractivity contribution is -0.0777. The summed E-state index contributed by atoms with van der Waals surface area (Å²) in [5.74, 6) is 2.85. The van der Waals surface area contributed by atoms with E-state index < -0.39 is 0 Å². The topological polar surface area (TPSA) is 40.5 Å². The Kier molecular flexibility index (Phi) is 3.34. The van der Waals surface area contributed by atoms with Crippen molar-refractivity contribution < 1.29 is 10.2 Å². The molecular formula is C20H32O2. The van der Waals surface area contributed by atoms with Crippen LogP contribution in [0.4, 0.5) is 0 Å². The van der Waals surface area contributed by atoms with Crippen LogP contribution in [0.3, 0.4) is 0 Å². The highest BCUT2D eigenvalue weighted by Gasteiger charge is 2.60. The SMILES string of the molecule is C[C@H]1C[C@H](O)[C@@]2(C)CC[C@H]3[C@@H](CC=C4C[C@@H](O)CC[C@@]43C)[C@H]12.